The van der Waals surface area contributed by atoms with Gasteiger partial charge in [-0.15, -0.1) is 0 Å². The molecule has 106 valence electrons. The van der Waals surface area contributed by atoms with E-state index in [0.717, 1.165) is 18.4 Å². The van der Waals surface area contributed by atoms with Crippen LogP contribution in [0.3, 0.4) is 0 Å². The predicted octanol–water partition coefficient (Wildman–Crippen LogP) is 4.09. The van der Waals surface area contributed by atoms with Crippen LogP contribution < -0.4 is 0 Å². The zero-order chi connectivity index (χ0) is 13.8. The molecule has 2 nitrogen and oxygen atoms in total. The maximum atomic E-state index is 9.29. The van der Waals surface area contributed by atoms with Crippen LogP contribution in [0.25, 0.3) is 0 Å². The molecule has 0 aromatic heterocycles. The van der Waals surface area contributed by atoms with Crippen molar-refractivity contribution in [2.75, 3.05) is 6.61 Å². The van der Waals surface area contributed by atoms with Crippen molar-refractivity contribution in [3.05, 3.63) is 48.0 Å². The van der Waals surface area contributed by atoms with E-state index < -0.39 is 0 Å². The van der Waals surface area contributed by atoms with Gasteiger partial charge in [0.2, 0.25) is 0 Å². The van der Waals surface area contributed by atoms with Gasteiger partial charge in [-0.3, -0.25) is 0 Å². The second kappa shape index (κ2) is 10.8. The Kier molecular flexibility index (Phi) is 9.03. The highest BCUT2D eigenvalue weighted by Gasteiger charge is 2.05. The minimum atomic E-state index is -0.0948. The lowest BCUT2D eigenvalue weighted by atomic mass is 10.1. The number of unbranched alkanes of at least 4 members (excludes halogenated alkanes) is 3. The van der Waals surface area contributed by atoms with Gasteiger partial charge in [0.1, 0.15) is 0 Å². The number of allylic oxidation sites excluding steroid dienone is 1. The van der Waals surface area contributed by atoms with Gasteiger partial charge in [-0.2, -0.15) is 0 Å². The van der Waals surface area contributed by atoms with Gasteiger partial charge in [0.25, 0.3) is 0 Å². The number of aliphatic hydroxyl groups is 1. The maximum Gasteiger partial charge on any atom is 0.0844 e. The van der Waals surface area contributed by atoms with Crippen molar-refractivity contribution < 1.29 is 9.84 Å². The summed E-state index contributed by atoms with van der Waals surface area (Å²) < 4.78 is 5.70. The highest BCUT2D eigenvalue weighted by atomic mass is 16.5. The number of ether oxygens (including phenoxy) is 1. The van der Waals surface area contributed by atoms with Crippen molar-refractivity contribution in [3.63, 3.8) is 0 Å². The average Bonchev–Trinajstić information content (AvgIpc) is 2.47. The molecule has 0 aliphatic rings. The molecule has 1 aromatic carbocycles. The molecule has 0 fully saturated rings. The third kappa shape index (κ3) is 7.81. The Morgan fingerprint density at radius 3 is 2.63 bits per heavy atom. The molecule has 19 heavy (non-hydrogen) atoms. The van der Waals surface area contributed by atoms with E-state index in [1.807, 2.05) is 30.3 Å². The zero-order valence-corrected chi connectivity index (χ0v) is 11.9. The zero-order valence-electron chi connectivity index (χ0n) is 11.9. The van der Waals surface area contributed by atoms with E-state index in [1.54, 1.807) is 0 Å². The molecule has 0 aliphatic carbocycles. The number of hydrogen-bond acceptors (Lipinski definition) is 2. The van der Waals surface area contributed by atoms with Gasteiger partial charge in [-0.1, -0.05) is 62.2 Å². The van der Waals surface area contributed by atoms with E-state index in [4.69, 9.17) is 4.74 Å². The van der Waals surface area contributed by atoms with Gasteiger partial charge >= 0.3 is 0 Å². The van der Waals surface area contributed by atoms with E-state index in [1.165, 1.54) is 19.3 Å². The number of aliphatic hydroxyl groups excluding tert-OH is 1. The van der Waals surface area contributed by atoms with Crippen LogP contribution in [0.1, 0.15) is 44.6 Å². The fourth-order valence-corrected chi connectivity index (χ4v) is 1.86. The Bertz CT molecular complexity index is 332. The molecule has 0 aliphatic heterocycles. The second-order valence-electron chi connectivity index (χ2n) is 4.80. The number of hydrogen-bond donors (Lipinski definition) is 1. The molecular weight excluding hydrogens is 236 g/mol. The van der Waals surface area contributed by atoms with Crippen LogP contribution in [0, 0.1) is 0 Å². The third-order valence-electron chi connectivity index (χ3n) is 3.07. The molecule has 0 bridgehead atoms. The molecule has 0 heterocycles. The molecule has 2 heteroatoms. The average molecular weight is 262 g/mol. The second-order valence-corrected chi connectivity index (χ2v) is 4.80. The van der Waals surface area contributed by atoms with E-state index >= 15 is 0 Å². The summed E-state index contributed by atoms with van der Waals surface area (Å²) in [6.07, 6.45) is 9.95. The number of benzene rings is 1. The molecular formula is C17H26O2. The summed E-state index contributed by atoms with van der Waals surface area (Å²) in [4.78, 5) is 0. The summed E-state index contributed by atoms with van der Waals surface area (Å²) in [7, 11) is 0. The summed E-state index contributed by atoms with van der Waals surface area (Å²) in [5.41, 5.74) is 1.15. The minimum Gasteiger partial charge on any atom is -0.394 e. The Morgan fingerprint density at radius 2 is 1.95 bits per heavy atom. The molecule has 0 saturated carbocycles. The Labute approximate surface area is 117 Å². The third-order valence-corrected chi connectivity index (χ3v) is 3.07. The lowest BCUT2D eigenvalue weighted by Gasteiger charge is -2.13. The van der Waals surface area contributed by atoms with Crippen LogP contribution in [-0.4, -0.2) is 17.8 Å². The summed E-state index contributed by atoms with van der Waals surface area (Å²) >= 11 is 0. The molecule has 1 aromatic rings. The van der Waals surface area contributed by atoms with Crippen molar-refractivity contribution in [2.45, 2.75) is 51.7 Å². The topological polar surface area (TPSA) is 29.5 Å². The van der Waals surface area contributed by atoms with Crippen molar-refractivity contribution in [2.24, 2.45) is 0 Å². The first-order chi connectivity index (χ1) is 9.36. The van der Waals surface area contributed by atoms with Gasteiger partial charge in [-0.25, -0.2) is 0 Å². The molecule has 0 unspecified atom stereocenters. The van der Waals surface area contributed by atoms with Crippen LogP contribution in [0.5, 0.6) is 0 Å². The van der Waals surface area contributed by atoms with E-state index in [0.29, 0.717) is 6.61 Å². The molecule has 0 radical (unpaired) electrons. The van der Waals surface area contributed by atoms with Crippen molar-refractivity contribution in [1.82, 2.24) is 0 Å². The summed E-state index contributed by atoms with van der Waals surface area (Å²) in [6, 6.07) is 10.1. The maximum absolute atomic E-state index is 9.29. The van der Waals surface area contributed by atoms with E-state index in [2.05, 4.69) is 19.1 Å². The lowest BCUT2D eigenvalue weighted by molar-refractivity contribution is 0.00471. The van der Waals surface area contributed by atoms with Crippen LogP contribution in [0.15, 0.2) is 42.5 Å². The van der Waals surface area contributed by atoms with Gasteiger partial charge in [0, 0.05) is 0 Å². The standard InChI is InChI=1S/C17H26O2/c1-2-3-4-5-6-10-13-17(14-18)19-15-16-11-8-7-9-12-16/h6-12,17-18H,2-5,13-15H2,1H3/b10-6-/t17-/m0/s1. The van der Waals surface area contributed by atoms with Crippen molar-refractivity contribution >= 4 is 0 Å². The molecule has 1 N–H and O–H groups in total. The predicted molar refractivity (Wildman–Crippen MR) is 80.0 cm³/mol. The monoisotopic (exact) mass is 262 g/mol. The largest absolute Gasteiger partial charge is 0.394 e. The molecule has 1 rings (SSSR count). The Morgan fingerprint density at radius 1 is 1.16 bits per heavy atom. The minimum absolute atomic E-state index is 0.0755. The van der Waals surface area contributed by atoms with Crippen LogP contribution >= 0.6 is 0 Å². The van der Waals surface area contributed by atoms with Gasteiger partial charge in [0.15, 0.2) is 0 Å². The first kappa shape index (κ1) is 15.9. The van der Waals surface area contributed by atoms with Crippen LogP contribution in [0.4, 0.5) is 0 Å². The fourth-order valence-electron chi connectivity index (χ4n) is 1.86. The van der Waals surface area contributed by atoms with Crippen molar-refractivity contribution in [1.29, 1.82) is 0 Å². The Balaban J connectivity index is 2.18. The quantitative estimate of drug-likeness (QED) is 0.508. The van der Waals surface area contributed by atoms with Gasteiger partial charge in [0.05, 0.1) is 19.3 Å². The first-order valence-corrected chi connectivity index (χ1v) is 7.28. The van der Waals surface area contributed by atoms with E-state index in [-0.39, 0.29) is 12.7 Å². The smallest absolute Gasteiger partial charge is 0.0844 e. The molecule has 0 saturated heterocycles. The van der Waals surface area contributed by atoms with Crippen LogP contribution in [0.2, 0.25) is 0 Å². The highest BCUT2D eigenvalue weighted by Crippen LogP contribution is 2.07. The molecule has 1 atom stereocenters. The van der Waals surface area contributed by atoms with Gasteiger partial charge in [-0.05, 0) is 24.8 Å². The normalized spacial score (nSPS) is 12.9. The lowest BCUT2D eigenvalue weighted by Crippen LogP contribution is -2.16. The first-order valence-electron chi connectivity index (χ1n) is 7.28. The van der Waals surface area contributed by atoms with Gasteiger partial charge < -0.3 is 9.84 Å². The Hall–Kier alpha value is -1.12. The summed E-state index contributed by atoms with van der Waals surface area (Å²) in [5.74, 6) is 0. The fraction of sp³-hybridized carbons (Fsp3) is 0.529. The SMILES string of the molecule is CCCCC/C=C\C[C@@H](CO)OCc1ccccc1. The number of rotatable bonds is 10. The van der Waals surface area contributed by atoms with Crippen molar-refractivity contribution in [3.8, 4) is 0 Å². The molecule has 0 spiro atoms. The highest BCUT2D eigenvalue weighted by molar-refractivity contribution is 5.13. The summed E-state index contributed by atoms with van der Waals surface area (Å²) in [6.45, 7) is 2.85. The van der Waals surface area contributed by atoms with E-state index in [9.17, 15) is 5.11 Å². The molecule has 0 amide bonds. The van der Waals surface area contributed by atoms with Crippen LogP contribution in [-0.2, 0) is 11.3 Å². The summed E-state index contributed by atoms with van der Waals surface area (Å²) in [5, 5.41) is 9.29.